The van der Waals surface area contributed by atoms with Gasteiger partial charge in [-0.05, 0) is 87.7 Å². The number of nitrogens with zero attached hydrogens (tertiary/aromatic N) is 2. The molecular formula is C45H51ClN2. The van der Waals surface area contributed by atoms with E-state index in [-0.39, 0.29) is 16.9 Å². The van der Waals surface area contributed by atoms with Crippen molar-refractivity contribution in [1.82, 2.24) is 0 Å². The van der Waals surface area contributed by atoms with Crippen LogP contribution in [0.15, 0.2) is 119 Å². The topological polar surface area (TPSA) is 6.48 Å². The Morgan fingerprint density at radius 2 is 1.35 bits per heavy atom. The average Bonchev–Trinajstić information content (AvgIpc) is 3.63. The Bertz CT molecular complexity index is 1990. The lowest BCUT2D eigenvalue weighted by atomic mass is 9.78. The number of halogens is 1. The molecule has 4 aromatic rings. The van der Waals surface area contributed by atoms with Gasteiger partial charge in [0.15, 0.2) is 0 Å². The first-order valence-electron chi connectivity index (χ1n) is 18.3. The zero-order chi connectivity index (χ0) is 33.6. The highest BCUT2D eigenvalue weighted by atomic mass is 35.5. The smallest absolute Gasteiger partial charge is 0.0568 e. The molecule has 7 rings (SSSR count). The highest BCUT2D eigenvalue weighted by molar-refractivity contribution is 6.33. The van der Waals surface area contributed by atoms with Crippen molar-refractivity contribution in [3.63, 3.8) is 0 Å². The molecular weight excluding hydrogens is 604 g/mol. The lowest BCUT2D eigenvalue weighted by molar-refractivity contribution is 0.473. The molecule has 2 nitrogen and oxygen atoms in total. The van der Waals surface area contributed by atoms with Crippen molar-refractivity contribution in [3.05, 3.63) is 130 Å². The summed E-state index contributed by atoms with van der Waals surface area (Å²) in [7, 11) is 0. The van der Waals surface area contributed by atoms with Gasteiger partial charge in [-0.15, -0.1) is 0 Å². The van der Waals surface area contributed by atoms with Gasteiger partial charge in [-0.1, -0.05) is 145 Å². The van der Waals surface area contributed by atoms with Gasteiger partial charge in [0.1, 0.15) is 0 Å². The molecule has 2 aliphatic heterocycles. The average molecular weight is 655 g/mol. The lowest BCUT2D eigenvalue weighted by Crippen LogP contribution is -2.40. The van der Waals surface area contributed by atoms with E-state index in [1.807, 2.05) is 0 Å². The van der Waals surface area contributed by atoms with Crippen molar-refractivity contribution >= 4 is 44.5 Å². The van der Waals surface area contributed by atoms with Crippen LogP contribution in [0.5, 0.6) is 0 Å². The molecule has 48 heavy (non-hydrogen) atoms. The van der Waals surface area contributed by atoms with Gasteiger partial charge in [0, 0.05) is 46.0 Å². The van der Waals surface area contributed by atoms with Crippen molar-refractivity contribution in [2.45, 2.75) is 96.9 Å². The second-order valence-electron chi connectivity index (χ2n) is 15.1. The number of hydrogen-bond acceptors (Lipinski definition) is 2. The molecule has 248 valence electrons. The number of unbranched alkanes of at least 4 members (excludes halogenated alkanes) is 2. The Morgan fingerprint density at radius 1 is 0.729 bits per heavy atom. The number of fused-ring (bicyclic) bond motifs is 6. The molecule has 0 spiro atoms. The maximum Gasteiger partial charge on any atom is 0.0568 e. The summed E-state index contributed by atoms with van der Waals surface area (Å²) in [5.41, 5.74) is 9.42. The van der Waals surface area contributed by atoms with Crippen LogP contribution in [-0.2, 0) is 10.8 Å². The van der Waals surface area contributed by atoms with Crippen LogP contribution in [0.1, 0.15) is 91.2 Å². The van der Waals surface area contributed by atoms with Gasteiger partial charge >= 0.3 is 0 Å². The summed E-state index contributed by atoms with van der Waals surface area (Å²) in [6.07, 6.45) is 16.2. The van der Waals surface area contributed by atoms with E-state index in [0.29, 0.717) is 0 Å². The largest absolute Gasteiger partial charge is 0.364 e. The van der Waals surface area contributed by atoms with Gasteiger partial charge in [0.2, 0.25) is 0 Å². The minimum atomic E-state index is -0.103. The molecule has 4 aromatic carbocycles. The third kappa shape index (κ3) is 5.41. The maximum atomic E-state index is 7.24. The predicted molar refractivity (Wildman–Crippen MR) is 210 cm³/mol. The van der Waals surface area contributed by atoms with Crippen LogP contribution in [0.3, 0.4) is 0 Å². The third-order valence-corrected chi connectivity index (χ3v) is 11.8. The van der Waals surface area contributed by atoms with Crippen molar-refractivity contribution in [2.75, 3.05) is 22.9 Å². The monoisotopic (exact) mass is 654 g/mol. The highest BCUT2D eigenvalue weighted by Gasteiger charge is 2.44. The quantitative estimate of drug-likeness (QED) is 0.177. The Morgan fingerprint density at radius 3 is 2.04 bits per heavy atom. The molecule has 0 fully saturated rings. The van der Waals surface area contributed by atoms with Gasteiger partial charge in [0.25, 0.3) is 0 Å². The highest BCUT2D eigenvalue weighted by Crippen LogP contribution is 2.52. The van der Waals surface area contributed by atoms with E-state index in [2.05, 4.69) is 148 Å². The summed E-state index contributed by atoms with van der Waals surface area (Å²) in [4.78, 5) is 5.23. The second kappa shape index (κ2) is 12.9. The summed E-state index contributed by atoms with van der Waals surface area (Å²) >= 11 is 7.24. The molecule has 1 aliphatic carbocycles. The Labute approximate surface area is 293 Å². The molecule has 0 amide bonds. The van der Waals surface area contributed by atoms with E-state index >= 15 is 0 Å². The van der Waals surface area contributed by atoms with E-state index in [1.54, 1.807) is 0 Å². The molecule has 0 radical (unpaired) electrons. The molecule has 3 aliphatic rings. The molecule has 2 heterocycles. The SMILES string of the molecule is CCCCN1/C(=C/C=C2\CCC(/C=C/C3N(CCCC)c4ccc5ccccc5c4C3(C)C)=C2Cl)C(C)(C)c2c1ccc1ccccc21. The number of hydrogen-bond donors (Lipinski definition) is 0. The number of rotatable bonds is 9. The van der Waals surface area contributed by atoms with Crippen molar-refractivity contribution in [3.8, 4) is 0 Å². The summed E-state index contributed by atoms with van der Waals surface area (Å²) in [5.74, 6) is 0. The number of anilines is 2. The van der Waals surface area contributed by atoms with E-state index in [0.717, 1.165) is 37.4 Å². The first-order chi connectivity index (χ1) is 23.2. The molecule has 0 saturated heterocycles. The predicted octanol–water partition coefficient (Wildman–Crippen LogP) is 12.5. The van der Waals surface area contributed by atoms with Crippen LogP contribution < -0.4 is 9.80 Å². The number of benzene rings is 4. The summed E-state index contributed by atoms with van der Waals surface area (Å²) in [5, 5.41) is 6.31. The lowest BCUT2D eigenvalue weighted by Gasteiger charge is -2.32. The Kier molecular flexibility index (Phi) is 8.84. The third-order valence-electron chi connectivity index (χ3n) is 11.3. The van der Waals surface area contributed by atoms with Crippen LogP contribution in [0.25, 0.3) is 21.5 Å². The van der Waals surface area contributed by atoms with Crippen LogP contribution in [0.2, 0.25) is 0 Å². The normalized spacial score (nSPS) is 21.5. The van der Waals surface area contributed by atoms with E-state index in [9.17, 15) is 0 Å². The van der Waals surface area contributed by atoms with Gasteiger partial charge in [-0.2, -0.15) is 0 Å². The minimum Gasteiger partial charge on any atom is -0.364 e. The fourth-order valence-corrected chi connectivity index (χ4v) is 9.10. The van der Waals surface area contributed by atoms with E-state index in [1.165, 1.54) is 80.2 Å². The minimum absolute atomic E-state index is 0.0235. The first kappa shape index (κ1) is 32.8. The molecule has 0 saturated carbocycles. The molecule has 0 aromatic heterocycles. The molecule has 3 heteroatoms. The summed E-state index contributed by atoms with van der Waals surface area (Å²) < 4.78 is 0. The summed E-state index contributed by atoms with van der Waals surface area (Å²) in [6, 6.07) is 27.3. The van der Waals surface area contributed by atoms with Crippen LogP contribution >= 0.6 is 11.6 Å². The second-order valence-corrected chi connectivity index (χ2v) is 15.5. The van der Waals surface area contributed by atoms with Crippen LogP contribution in [-0.4, -0.2) is 19.1 Å². The Balaban J connectivity index is 1.22. The maximum absolute atomic E-state index is 7.24. The Hall–Kier alpha value is -3.75. The van der Waals surface area contributed by atoms with Gasteiger partial charge < -0.3 is 9.80 Å². The van der Waals surface area contributed by atoms with Crippen molar-refractivity contribution in [1.29, 1.82) is 0 Å². The van der Waals surface area contributed by atoms with Gasteiger partial charge in [-0.25, -0.2) is 0 Å². The van der Waals surface area contributed by atoms with E-state index in [4.69, 9.17) is 11.6 Å². The molecule has 0 bridgehead atoms. The zero-order valence-corrected chi connectivity index (χ0v) is 30.5. The number of allylic oxidation sites excluding steroid dienone is 7. The van der Waals surface area contributed by atoms with Crippen molar-refractivity contribution in [2.24, 2.45) is 0 Å². The van der Waals surface area contributed by atoms with Crippen molar-refractivity contribution < 1.29 is 0 Å². The van der Waals surface area contributed by atoms with Gasteiger partial charge in [-0.3, -0.25) is 0 Å². The standard InChI is InChI=1S/C45H51ClN2/c1-7-9-29-47-37-25-21-31-15-11-13-17-35(31)41(37)44(3,4)39(47)27-23-33-19-20-34(43(33)46)24-28-40-45(5,6)42-36-18-14-12-16-32(36)22-26-38(42)48(40)30-10-8-2/h11-18,21-28,39H,7-10,19-20,29-30H2,1-6H3/b27-23+,34-24+,40-28+. The van der Waals surface area contributed by atoms with Gasteiger partial charge in [0.05, 0.1) is 6.04 Å². The zero-order valence-electron chi connectivity index (χ0n) is 29.7. The molecule has 1 atom stereocenters. The van der Waals surface area contributed by atoms with E-state index < -0.39 is 0 Å². The fraction of sp³-hybridized carbons (Fsp3) is 0.378. The first-order valence-corrected chi connectivity index (χ1v) is 18.6. The van der Waals surface area contributed by atoms with Crippen LogP contribution in [0.4, 0.5) is 11.4 Å². The fourth-order valence-electron chi connectivity index (χ4n) is 8.78. The summed E-state index contributed by atoms with van der Waals surface area (Å²) in [6.45, 7) is 16.3. The molecule has 0 N–H and O–H groups in total. The molecule has 1 unspecified atom stereocenters. The van der Waals surface area contributed by atoms with Crippen LogP contribution in [0, 0.1) is 0 Å².